The van der Waals surface area contributed by atoms with Crippen LogP contribution in [-0.2, 0) is 0 Å². The van der Waals surface area contributed by atoms with E-state index in [9.17, 15) is 9.18 Å². The molecule has 8 heteroatoms. The van der Waals surface area contributed by atoms with Crippen LogP contribution in [0.4, 0.5) is 9.52 Å². The fourth-order valence-electron chi connectivity index (χ4n) is 2.27. The summed E-state index contributed by atoms with van der Waals surface area (Å²) in [5.74, 6) is -0.773. The smallest absolute Gasteiger partial charge is 0.276 e. The van der Waals surface area contributed by atoms with E-state index in [1.165, 1.54) is 28.7 Å². The number of carbonyl (C=O) groups excluding carboxylic acids is 1. The van der Waals surface area contributed by atoms with Crippen LogP contribution in [0.1, 0.15) is 10.5 Å². The van der Waals surface area contributed by atoms with E-state index in [1.54, 1.807) is 23.6 Å². The van der Waals surface area contributed by atoms with Gasteiger partial charge in [0.15, 0.2) is 0 Å². The van der Waals surface area contributed by atoms with Gasteiger partial charge in [0.1, 0.15) is 21.5 Å². The maximum atomic E-state index is 13.8. The number of halogens is 1. The number of aromatic nitrogens is 3. The first-order chi connectivity index (χ1) is 12.7. The van der Waals surface area contributed by atoms with Gasteiger partial charge in [-0.2, -0.15) is 0 Å². The third kappa shape index (κ3) is 3.37. The Bertz CT molecular complexity index is 1060. The molecule has 1 N–H and O–H groups in total. The molecule has 0 radical (unpaired) electrons. The lowest BCUT2D eigenvalue weighted by Gasteiger charge is -1.98. The second kappa shape index (κ2) is 7.11. The van der Waals surface area contributed by atoms with Crippen molar-refractivity contribution in [1.82, 2.24) is 15.2 Å². The van der Waals surface area contributed by atoms with Gasteiger partial charge >= 0.3 is 0 Å². The Morgan fingerprint density at radius 3 is 2.54 bits per heavy atom. The van der Waals surface area contributed by atoms with Crippen molar-refractivity contribution in [2.45, 2.75) is 0 Å². The number of amides is 1. The molecular formula is C18H11FN4OS2. The number of nitrogens with one attached hydrogen (secondary N) is 1. The first-order valence-electron chi connectivity index (χ1n) is 7.61. The summed E-state index contributed by atoms with van der Waals surface area (Å²) in [6.45, 7) is 0. The molecule has 0 aliphatic carbocycles. The number of carbonyl (C=O) groups is 1. The van der Waals surface area contributed by atoms with Crippen LogP contribution in [0.5, 0.6) is 0 Å². The number of hydrogen-bond donors (Lipinski definition) is 1. The van der Waals surface area contributed by atoms with Crippen LogP contribution >= 0.6 is 22.7 Å². The molecule has 2 aromatic carbocycles. The van der Waals surface area contributed by atoms with Crippen LogP contribution in [0.2, 0.25) is 0 Å². The first-order valence-corrected chi connectivity index (χ1v) is 9.31. The van der Waals surface area contributed by atoms with Gasteiger partial charge < -0.3 is 0 Å². The van der Waals surface area contributed by atoms with Crippen molar-refractivity contribution in [3.05, 3.63) is 71.5 Å². The minimum atomic E-state index is -0.403. The molecule has 0 unspecified atom stereocenters. The molecule has 0 fully saturated rings. The molecule has 0 aliphatic rings. The summed E-state index contributed by atoms with van der Waals surface area (Å²) in [6.07, 6.45) is 0. The summed E-state index contributed by atoms with van der Waals surface area (Å²) in [4.78, 5) is 16.6. The number of rotatable bonds is 4. The Morgan fingerprint density at radius 2 is 1.73 bits per heavy atom. The van der Waals surface area contributed by atoms with E-state index >= 15 is 0 Å². The topological polar surface area (TPSA) is 67.8 Å². The summed E-state index contributed by atoms with van der Waals surface area (Å²) in [5, 5.41) is 13.9. The Morgan fingerprint density at radius 1 is 0.962 bits per heavy atom. The Kier molecular flexibility index (Phi) is 4.51. The highest BCUT2D eigenvalue weighted by Crippen LogP contribution is 2.28. The van der Waals surface area contributed by atoms with E-state index < -0.39 is 5.91 Å². The zero-order chi connectivity index (χ0) is 17.9. The predicted octanol–water partition coefficient (Wildman–Crippen LogP) is 4.72. The van der Waals surface area contributed by atoms with Gasteiger partial charge in [-0.3, -0.25) is 10.1 Å². The molecule has 0 saturated carbocycles. The molecular weight excluding hydrogens is 371 g/mol. The van der Waals surface area contributed by atoms with E-state index in [0.29, 0.717) is 20.7 Å². The molecule has 5 nitrogen and oxygen atoms in total. The highest BCUT2D eigenvalue weighted by molar-refractivity contribution is 7.18. The van der Waals surface area contributed by atoms with Crippen LogP contribution in [-0.4, -0.2) is 21.1 Å². The van der Waals surface area contributed by atoms with E-state index in [0.717, 1.165) is 5.56 Å². The third-order valence-corrected chi connectivity index (χ3v) is 5.27. The van der Waals surface area contributed by atoms with Gasteiger partial charge in [0.05, 0.1) is 0 Å². The second-order valence-electron chi connectivity index (χ2n) is 5.25. The van der Waals surface area contributed by atoms with E-state index in [1.807, 2.05) is 30.3 Å². The molecule has 26 heavy (non-hydrogen) atoms. The maximum absolute atomic E-state index is 13.8. The zero-order valence-electron chi connectivity index (χ0n) is 13.2. The molecule has 4 aromatic rings. The van der Waals surface area contributed by atoms with Crippen molar-refractivity contribution in [1.29, 1.82) is 0 Å². The molecule has 2 heterocycles. The summed E-state index contributed by atoms with van der Waals surface area (Å²) < 4.78 is 13.8. The molecule has 2 aromatic heterocycles. The highest BCUT2D eigenvalue weighted by Gasteiger charge is 2.16. The van der Waals surface area contributed by atoms with Crippen LogP contribution in [0.15, 0.2) is 60.0 Å². The summed E-state index contributed by atoms with van der Waals surface area (Å²) in [7, 11) is 0. The number of thiazole rings is 1. The van der Waals surface area contributed by atoms with Gasteiger partial charge in [0.25, 0.3) is 5.91 Å². The normalized spacial score (nSPS) is 10.7. The molecule has 0 aliphatic heterocycles. The largest absolute Gasteiger partial charge is 0.295 e. The summed E-state index contributed by atoms with van der Waals surface area (Å²) in [5.41, 5.74) is 1.52. The molecule has 0 saturated heterocycles. The Labute approximate surface area is 156 Å². The number of anilines is 1. The fraction of sp³-hybridized carbons (Fsp3) is 0. The highest BCUT2D eigenvalue weighted by atomic mass is 32.1. The van der Waals surface area contributed by atoms with Crippen LogP contribution in [0, 0.1) is 5.82 Å². The molecule has 0 spiro atoms. The fourth-order valence-corrected chi connectivity index (χ4v) is 3.84. The number of hydrogen-bond acceptors (Lipinski definition) is 6. The average Bonchev–Trinajstić information content (AvgIpc) is 3.33. The Balaban J connectivity index is 1.51. The minimum Gasteiger partial charge on any atom is -0.295 e. The second-order valence-corrected chi connectivity index (χ2v) is 7.09. The summed E-state index contributed by atoms with van der Waals surface area (Å²) >= 11 is 2.49. The number of nitrogens with zero attached hydrogens (tertiary/aromatic N) is 3. The van der Waals surface area contributed by atoms with Crippen molar-refractivity contribution in [2.24, 2.45) is 0 Å². The van der Waals surface area contributed by atoms with Gasteiger partial charge in [0.2, 0.25) is 5.13 Å². The Hall–Kier alpha value is -2.97. The van der Waals surface area contributed by atoms with Crippen molar-refractivity contribution in [3.63, 3.8) is 0 Å². The van der Waals surface area contributed by atoms with Gasteiger partial charge in [-0.25, -0.2) is 9.37 Å². The van der Waals surface area contributed by atoms with Gasteiger partial charge in [-0.1, -0.05) is 53.8 Å². The van der Waals surface area contributed by atoms with Gasteiger partial charge in [-0.05, 0) is 12.1 Å². The number of benzene rings is 2. The molecule has 128 valence electrons. The molecule has 4 rings (SSSR count). The monoisotopic (exact) mass is 382 g/mol. The summed E-state index contributed by atoms with van der Waals surface area (Å²) in [6, 6.07) is 15.9. The van der Waals surface area contributed by atoms with Crippen LogP contribution in [0.3, 0.4) is 0 Å². The van der Waals surface area contributed by atoms with Crippen molar-refractivity contribution in [2.75, 3.05) is 5.32 Å². The lowest BCUT2D eigenvalue weighted by atomic mass is 10.2. The van der Waals surface area contributed by atoms with Crippen molar-refractivity contribution >= 4 is 33.7 Å². The molecule has 1 amide bonds. The SMILES string of the molecule is O=C(Nc1nnc(-c2ccccc2)s1)c1csc(-c2ccccc2F)n1. The van der Waals surface area contributed by atoms with Crippen LogP contribution < -0.4 is 5.32 Å². The molecule has 0 atom stereocenters. The lowest BCUT2D eigenvalue weighted by molar-refractivity contribution is 0.102. The van der Waals surface area contributed by atoms with E-state index in [-0.39, 0.29) is 11.5 Å². The van der Waals surface area contributed by atoms with E-state index in [4.69, 9.17) is 0 Å². The standard InChI is InChI=1S/C18H11FN4OS2/c19-13-9-5-4-8-12(13)17-20-14(10-25-17)15(24)21-18-23-22-16(26-18)11-6-2-1-3-7-11/h1-10H,(H,21,23,24). The predicted molar refractivity (Wildman–Crippen MR) is 101 cm³/mol. The first kappa shape index (κ1) is 16.5. The quantitative estimate of drug-likeness (QED) is 0.554. The van der Waals surface area contributed by atoms with Gasteiger partial charge in [0, 0.05) is 16.5 Å². The minimum absolute atomic E-state index is 0.213. The average molecular weight is 382 g/mol. The zero-order valence-corrected chi connectivity index (χ0v) is 14.9. The van der Waals surface area contributed by atoms with Crippen LogP contribution in [0.25, 0.3) is 21.1 Å². The maximum Gasteiger partial charge on any atom is 0.276 e. The third-order valence-electron chi connectivity index (χ3n) is 3.51. The lowest BCUT2D eigenvalue weighted by Crippen LogP contribution is -2.12. The van der Waals surface area contributed by atoms with Gasteiger partial charge in [-0.15, -0.1) is 21.5 Å². The van der Waals surface area contributed by atoms with Crippen molar-refractivity contribution in [3.8, 4) is 21.1 Å². The van der Waals surface area contributed by atoms with Crippen molar-refractivity contribution < 1.29 is 9.18 Å². The van der Waals surface area contributed by atoms with E-state index in [2.05, 4.69) is 20.5 Å². The molecule has 0 bridgehead atoms.